The Morgan fingerprint density at radius 2 is 1.71 bits per heavy atom. The van der Waals surface area contributed by atoms with Gasteiger partial charge in [-0.2, -0.15) is 0 Å². The van der Waals surface area contributed by atoms with Crippen LogP contribution in [0.3, 0.4) is 0 Å². The molecule has 1 atom stereocenters. The minimum atomic E-state index is -3.98. The third kappa shape index (κ3) is 5.12. The van der Waals surface area contributed by atoms with Crippen LogP contribution in [0.25, 0.3) is 21.8 Å². The van der Waals surface area contributed by atoms with Crippen LogP contribution in [0.15, 0.2) is 83.9 Å². The first-order valence-corrected chi connectivity index (χ1v) is 15.4. The van der Waals surface area contributed by atoms with Crippen molar-refractivity contribution in [3.8, 4) is 5.75 Å². The third-order valence-electron chi connectivity index (χ3n) is 8.09. The van der Waals surface area contributed by atoms with Crippen molar-refractivity contribution in [1.82, 2.24) is 8.96 Å². The highest BCUT2D eigenvalue weighted by atomic mass is 32.2. The van der Waals surface area contributed by atoms with Gasteiger partial charge < -0.3 is 14.6 Å². The molecule has 0 aliphatic heterocycles. The van der Waals surface area contributed by atoms with Gasteiger partial charge >= 0.3 is 0 Å². The summed E-state index contributed by atoms with van der Waals surface area (Å²) in [6, 6.07) is 22.2. The maximum Gasteiger partial charge on any atom is 0.268 e. The second-order valence-corrected chi connectivity index (χ2v) is 12.6. The van der Waals surface area contributed by atoms with Crippen LogP contribution in [-0.2, 0) is 28.0 Å². The molecule has 0 saturated heterocycles. The molecule has 6 rings (SSSR count). The second kappa shape index (κ2) is 11.3. The number of fused-ring (bicyclic) bond motifs is 3. The Kier molecular flexibility index (Phi) is 7.55. The molecule has 1 aliphatic rings. The normalized spacial score (nSPS) is 15.1. The van der Waals surface area contributed by atoms with E-state index in [-0.39, 0.29) is 17.4 Å². The molecule has 5 aromatic rings. The van der Waals surface area contributed by atoms with Crippen LogP contribution >= 0.6 is 0 Å². The van der Waals surface area contributed by atoms with E-state index in [1.54, 1.807) is 49.7 Å². The standard InChI is InChI=1S/C33H34N2O5S/c1-22-12-15-26(16-13-22)41(37,38)35-29-17-14-25(40-20-23-8-4-3-5-9-23)18-27(29)31-28(21-39-2)32(34-19-30(31)35)33(36)24-10-6-7-11-24/h3-5,8-9,12-19,24,33,36H,6-7,10-11,20-21H2,1-2H3. The molecule has 41 heavy (non-hydrogen) atoms. The van der Waals surface area contributed by atoms with Gasteiger partial charge in [0.25, 0.3) is 10.0 Å². The van der Waals surface area contributed by atoms with E-state index in [1.807, 2.05) is 43.3 Å². The quantitative estimate of drug-likeness (QED) is 0.213. The largest absolute Gasteiger partial charge is 0.489 e. The number of methoxy groups -OCH3 is 1. The lowest BCUT2D eigenvalue weighted by atomic mass is 9.93. The summed E-state index contributed by atoms with van der Waals surface area (Å²) < 4.78 is 41.4. The number of ether oxygens (including phenoxy) is 2. The van der Waals surface area contributed by atoms with E-state index in [1.165, 1.54) is 3.97 Å². The van der Waals surface area contributed by atoms with Crippen LogP contribution in [0.2, 0.25) is 0 Å². The van der Waals surface area contributed by atoms with E-state index < -0.39 is 16.1 Å². The van der Waals surface area contributed by atoms with Gasteiger partial charge in [-0.1, -0.05) is 60.9 Å². The van der Waals surface area contributed by atoms with Crippen LogP contribution in [-0.4, -0.2) is 29.6 Å². The molecule has 0 bridgehead atoms. The number of nitrogens with zero attached hydrogens (tertiary/aromatic N) is 2. The van der Waals surface area contributed by atoms with Crippen LogP contribution < -0.4 is 4.74 Å². The SMILES string of the molecule is COCc1c(C(O)C2CCCC2)ncc2c1c1cc(OCc3ccccc3)ccc1n2S(=O)(=O)c1ccc(C)cc1. The Labute approximate surface area is 240 Å². The highest BCUT2D eigenvalue weighted by Gasteiger charge is 2.31. The maximum absolute atomic E-state index is 14.2. The van der Waals surface area contributed by atoms with E-state index in [0.717, 1.165) is 36.8 Å². The van der Waals surface area contributed by atoms with Crippen molar-refractivity contribution in [1.29, 1.82) is 0 Å². The van der Waals surface area contributed by atoms with Crippen molar-refractivity contribution in [3.05, 3.63) is 101 Å². The molecular formula is C33H34N2O5S. The summed E-state index contributed by atoms with van der Waals surface area (Å²) in [5.74, 6) is 0.733. The number of aliphatic hydroxyl groups excluding tert-OH is 1. The lowest BCUT2D eigenvalue weighted by Crippen LogP contribution is -2.15. The Hall–Kier alpha value is -3.72. The Morgan fingerprint density at radius 3 is 2.41 bits per heavy atom. The molecule has 1 unspecified atom stereocenters. The molecule has 0 spiro atoms. The molecule has 212 valence electrons. The topological polar surface area (TPSA) is 90.7 Å². The average Bonchev–Trinajstić information content (AvgIpc) is 3.64. The summed E-state index contributed by atoms with van der Waals surface area (Å²) in [4.78, 5) is 4.89. The third-order valence-corrected chi connectivity index (χ3v) is 9.83. The summed E-state index contributed by atoms with van der Waals surface area (Å²) in [7, 11) is -2.38. The van der Waals surface area contributed by atoms with Crippen molar-refractivity contribution < 1.29 is 23.0 Å². The van der Waals surface area contributed by atoms with Crippen molar-refractivity contribution in [3.63, 3.8) is 0 Å². The van der Waals surface area contributed by atoms with Gasteiger partial charge in [0.1, 0.15) is 12.4 Å². The monoisotopic (exact) mass is 570 g/mol. The fourth-order valence-electron chi connectivity index (χ4n) is 5.98. The van der Waals surface area contributed by atoms with E-state index >= 15 is 0 Å². The molecule has 2 aromatic heterocycles. The van der Waals surface area contributed by atoms with Crippen molar-refractivity contribution in [2.24, 2.45) is 5.92 Å². The number of rotatable bonds is 9. The molecule has 7 nitrogen and oxygen atoms in total. The summed E-state index contributed by atoms with van der Waals surface area (Å²) >= 11 is 0. The molecule has 0 amide bonds. The molecule has 1 saturated carbocycles. The van der Waals surface area contributed by atoms with Gasteiger partial charge in [-0.15, -0.1) is 0 Å². The van der Waals surface area contributed by atoms with Crippen molar-refractivity contribution in [2.75, 3.05) is 7.11 Å². The predicted molar refractivity (Wildman–Crippen MR) is 159 cm³/mol. The van der Waals surface area contributed by atoms with Crippen molar-refractivity contribution >= 4 is 31.8 Å². The van der Waals surface area contributed by atoms with E-state index in [9.17, 15) is 13.5 Å². The van der Waals surface area contributed by atoms with Crippen LogP contribution in [0, 0.1) is 12.8 Å². The number of hydrogen-bond donors (Lipinski definition) is 1. The number of aliphatic hydroxyl groups is 1. The summed E-state index contributed by atoms with van der Waals surface area (Å²) in [6.07, 6.45) is 4.87. The minimum absolute atomic E-state index is 0.116. The van der Waals surface area contributed by atoms with Crippen LogP contribution in [0.5, 0.6) is 5.75 Å². The molecular weight excluding hydrogens is 536 g/mol. The van der Waals surface area contributed by atoms with Gasteiger partial charge in [-0.05, 0) is 61.6 Å². The zero-order valence-electron chi connectivity index (χ0n) is 23.3. The van der Waals surface area contributed by atoms with Crippen molar-refractivity contribution in [2.45, 2.75) is 56.8 Å². The van der Waals surface area contributed by atoms with Crippen LogP contribution in [0.1, 0.15) is 54.2 Å². The zero-order valence-corrected chi connectivity index (χ0v) is 24.1. The van der Waals surface area contributed by atoms with E-state index in [4.69, 9.17) is 14.5 Å². The molecule has 3 aromatic carbocycles. The van der Waals surface area contributed by atoms with Gasteiger partial charge in [-0.3, -0.25) is 4.98 Å². The predicted octanol–water partition coefficient (Wildman–Crippen LogP) is 6.68. The van der Waals surface area contributed by atoms with Crippen LogP contribution in [0.4, 0.5) is 0 Å². The second-order valence-electron chi connectivity index (χ2n) is 10.8. The molecule has 1 N–H and O–H groups in total. The molecule has 1 fully saturated rings. The first-order valence-electron chi connectivity index (χ1n) is 14.0. The Bertz CT molecular complexity index is 1790. The molecule has 2 heterocycles. The Morgan fingerprint density at radius 1 is 0.976 bits per heavy atom. The number of aromatic nitrogens is 2. The van der Waals surface area contributed by atoms with Gasteiger partial charge in [0.05, 0.1) is 40.5 Å². The highest BCUT2D eigenvalue weighted by Crippen LogP contribution is 2.42. The highest BCUT2D eigenvalue weighted by molar-refractivity contribution is 7.90. The molecule has 1 aliphatic carbocycles. The first kappa shape index (κ1) is 27.4. The number of aryl methyl sites for hydroxylation is 1. The average molecular weight is 571 g/mol. The van der Waals surface area contributed by atoms with Gasteiger partial charge in [0, 0.05) is 23.4 Å². The number of benzene rings is 3. The molecule has 8 heteroatoms. The smallest absolute Gasteiger partial charge is 0.268 e. The maximum atomic E-state index is 14.2. The summed E-state index contributed by atoms with van der Waals surface area (Å²) in [5, 5.41) is 12.8. The molecule has 0 radical (unpaired) electrons. The van der Waals surface area contributed by atoms with E-state index in [2.05, 4.69) is 0 Å². The lowest BCUT2D eigenvalue weighted by molar-refractivity contribution is 0.103. The Balaban J connectivity index is 1.58. The number of hydrogen-bond acceptors (Lipinski definition) is 6. The van der Waals surface area contributed by atoms with Gasteiger partial charge in [0.15, 0.2) is 0 Å². The summed E-state index contributed by atoms with van der Waals surface area (Å²) in [6.45, 7) is 2.49. The fourth-order valence-corrected chi connectivity index (χ4v) is 7.49. The fraction of sp³-hybridized carbons (Fsp3) is 0.303. The summed E-state index contributed by atoms with van der Waals surface area (Å²) in [5.41, 5.74) is 4.21. The lowest BCUT2D eigenvalue weighted by Gasteiger charge is -2.21. The van der Waals surface area contributed by atoms with Gasteiger partial charge in [-0.25, -0.2) is 12.4 Å². The van der Waals surface area contributed by atoms with E-state index in [0.29, 0.717) is 45.4 Å². The first-order chi connectivity index (χ1) is 19.9. The number of pyridine rings is 1. The van der Waals surface area contributed by atoms with Gasteiger partial charge in [0.2, 0.25) is 0 Å². The zero-order chi connectivity index (χ0) is 28.6. The minimum Gasteiger partial charge on any atom is -0.489 e.